The molecule has 0 heterocycles. The minimum Gasteiger partial charge on any atom is -0.484 e. The van der Waals surface area contributed by atoms with Crippen LogP contribution in [-0.4, -0.2) is 33.4 Å². The van der Waals surface area contributed by atoms with Gasteiger partial charge in [-0.15, -0.1) is 0 Å². The maximum absolute atomic E-state index is 12.2. The highest BCUT2D eigenvalue weighted by molar-refractivity contribution is 7.89. The maximum atomic E-state index is 12.2. The van der Waals surface area contributed by atoms with Gasteiger partial charge < -0.3 is 10.1 Å². The van der Waals surface area contributed by atoms with Crippen molar-refractivity contribution in [3.63, 3.8) is 0 Å². The van der Waals surface area contributed by atoms with Crippen molar-refractivity contribution in [3.8, 4) is 5.75 Å². The Kier molecular flexibility index (Phi) is 6.48. The predicted molar refractivity (Wildman–Crippen MR) is 94.2 cm³/mol. The number of alkyl halides is 3. The molecule has 0 aliphatic heterocycles. The van der Waals surface area contributed by atoms with Crippen LogP contribution in [0.1, 0.15) is 21.5 Å². The molecule has 5 nitrogen and oxygen atoms in total. The first kappa shape index (κ1) is 20.8. The number of carbonyl (C=O) groups excluding carboxylic acids is 1. The van der Waals surface area contributed by atoms with Crippen LogP contribution in [0.4, 0.5) is 13.2 Å². The zero-order chi connectivity index (χ0) is 20.1. The fourth-order valence-corrected chi connectivity index (χ4v) is 3.04. The third-order valence-corrected chi connectivity index (χ3v) is 4.25. The lowest BCUT2D eigenvalue weighted by atomic mass is 10.1. The summed E-state index contributed by atoms with van der Waals surface area (Å²) in [7, 11) is -3.21. The fraction of sp³-hybridized carbons (Fsp3) is 0.278. The molecule has 0 spiro atoms. The molecule has 0 aliphatic rings. The third-order valence-electron chi connectivity index (χ3n) is 3.40. The summed E-state index contributed by atoms with van der Waals surface area (Å²) in [4.78, 5) is 12.2. The zero-order valence-electron chi connectivity index (χ0n) is 14.4. The van der Waals surface area contributed by atoms with Gasteiger partial charge in [0.15, 0.2) is 16.4 Å². The second kappa shape index (κ2) is 8.43. The van der Waals surface area contributed by atoms with E-state index in [4.69, 9.17) is 0 Å². The van der Waals surface area contributed by atoms with Crippen LogP contribution in [0.5, 0.6) is 5.75 Å². The molecule has 1 N–H and O–H groups in total. The number of nitrogens with one attached hydrogen (secondary N) is 1. The van der Waals surface area contributed by atoms with Crippen molar-refractivity contribution in [2.45, 2.75) is 18.5 Å². The van der Waals surface area contributed by atoms with E-state index in [9.17, 15) is 26.4 Å². The molecule has 0 fully saturated rings. The lowest BCUT2D eigenvalue weighted by molar-refractivity contribution is -0.153. The normalized spacial score (nSPS) is 11.9. The van der Waals surface area contributed by atoms with Gasteiger partial charge in [0, 0.05) is 18.4 Å². The van der Waals surface area contributed by atoms with Crippen molar-refractivity contribution < 1.29 is 31.1 Å². The molecule has 0 radical (unpaired) electrons. The van der Waals surface area contributed by atoms with Gasteiger partial charge in [0.2, 0.25) is 0 Å². The van der Waals surface area contributed by atoms with Crippen LogP contribution in [0, 0.1) is 0 Å². The third kappa shape index (κ3) is 7.69. The van der Waals surface area contributed by atoms with Gasteiger partial charge >= 0.3 is 6.18 Å². The topological polar surface area (TPSA) is 72.5 Å². The van der Waals surface area contributed by atoms with E-state index in [1.807, 2.05) is 0 Å². The Balaban J connectivity index is 1.93. The van der Waals surface area contributed by atoms with Crippen LogP contribution >= 0.6 is 0 Å². The van der Waals surface area contributed by atoms with Gasteiger partial charge in [-0.1, -0.05) is 24.3 Å². The Hall–Kier alpha value is -2.55. The molecule has 146 valence electrons. The van der Waals surface area contributed by atoms with Crippen LogP contribution in [0.3, 0.4) is 0 Å². The number of halogens is 3. The van der Waals surface area contributed by atoms with E-state index in [-0.39, 0.29) is 24.0 Å². The lowest BCUT2D eigenvalue weighted by Gasteiger charge is -2.10. The molecule has 0 aliphatic carbocycles. The molecule has 2 aromatic rings. The average molecular weight is 401 g/mol. The van der Waals surface area contributed by atoms with E-state index in [1.54, 1.807) is 30.3 Å². The summed E-state index contributed by atoms with van der Waals surface area (Å²) in [6.07, 6.45) is -3.29. The molecule has 0 aromatic heterocycles. The molecule has 9 heteroatoms. The van der Waals surface area contributed by atoms with E-state index in [0.29, 0.717) is 16.7 Å². The van der Waals surface area contributed by atoms with Gasteiger partial charge in [0.1, 0.15) is 5.75 Å². The standard InChI is InChI=1S/C18H18F3NO4S/c1-27(24,25)11-14-3-2-4-15(9-14)17(23)22-10-13-5-7-16(8-6-13)26-12-18(19,20)21/h2-9H,10-12H2,1H3,(H,22,23). The minimum atomic E-state index is -4.40. The number of amides is 1. The highest BCUT2D eigenvalue weighted by Gasteiger charge is 2.28. The summed E-state index contributed by atoms with van der Waals surface area (Å²) >= 11 is 0. The molecule has 0 bridgehead atoms. The van der Waals surface area contributed by atoms with Crippen molar-refractivity contribution >= 4 is 15.7 Å². The quantitative estimate of drug-likeness (QED) is 0.774. The van der Waals surface area contributed by atoms with E-state index in [0.717, 1.165) is 6.26 Å². The highest BCUT2D eigenvalue weighted by atomic mass is 32.2. The summed E-state index contributed by atoms with van der Waals surface area (Å²) in [6, 6.07) is 12.2. The van der Waals surface area contributed by atoms with E-state index >= 15 is 0 Å². The minimum absolute atomic E-state index is 0.0795. The number of benzene rings is 2. The van der Waals surface area contributed by atoms with Crippen LogP contribution in [-0.2, 0) is 22.1 Å². The van der Waals surface area contributed by atoms with E-state index in [2.05, 4.69) is 10.1 Å². The SMILES string of the molecule is CS(=O)(=O)Cc1cccc(C(=O)NCc2ccc(OCC(F)(F)F)cc2)c1. The summed E-state index contributed by atoms with van der Waals surface area (Å²) < 4.78 is 63.6. The molecular weight excluding hydrogens is 383 g/mol. The largest absolute Gasteiger partial charge is 0.484 e. The van der Waals surface area contributed by atoms with Gasteiger partial charge in [0.25, 0.3) is 5.91 Å². The molecule has 2 rings (SSSR count). The molecule has 0 unspecified atom stereocenters. The van der Waals surface area contributed by atoms with Crippen LogP contribution in [0.25, 0.3) is 0 Å². The van der Waals surface area contributed by atoms with E-state index in [1.165, 1.54) is 18.2 Å². The van der Waals surface area contributed by atoms with Gasteiger partial charge in [-0.25, -0.2) is 8.42 Å². The summed E-state index contributed by atoms with van der Waals surface area (Å²) in [5.74, 6) is -0.466. The Bertz CT molecular complexity index is 894. The van der Waals surface area contributed by atoms with E-state index < -0.39 is 22.6 Å². The molecule has 27 heavy (non-hydrogen) atoms. The van der Waals surface area contributed by atoms with Crippen molar-refractivity contribution in [1.82, 2.24) is 5.32 Å². The molecular formula is C18H18F3NO4S. The number of carbonyl (C=O) groups is 1. The Labute approximate surface area is 155 Å². The van der Waals surface area contributed by atoms with Gasteiger partial charge in [0.05, 0.1) is 5.75 Å². The van der Waals surface area contributed by atoms with Gasteiger partial charge in [-0.05, 0) is 35.4 Å². The molecule has 0 atom stereocenters. The number of ether oxygens (including phenoxy) is 1. The summed E-state index contributed by atoms with van der Waals surface area (Å²) in [5, 5.41) is 2.67. The first-order valence-corrected chi connectivity index (χ1v) is 9.91. The molecule has 0 saturated heterocycles. The van der Waals surface area contributed by atoms with Crippen molar-refractivity contribution in [3.05, 3.63) is 65.2 Å². The number of sulfone groups is 1. The number of rotatable bonds is 7. The second-order valence-corrected chi connectivity index (χ2v) is 8.14. The molecule has 1 amide bonds. The molecule has 0 saturated carbocycles. The lowest BCUT2D eigenvalue weighted by Crippen LogP contribution is -2.23. The van der Waals surface area contributed by atoms with Crippen molar-refractivity contribution in [2.75, 3.05) is 12.9 Å². The highest BCUT2D eigenvalue weighted by Crippen LogP contribution is 2.19. The molecule has 2 aromatic carbocycles. The predicted octanol–water partition coefficient (Wildman–Crippen LogP) is 3.10. The van der Waals surface area contributed by atoms with Crippen LogP contribution in [0.2, 0.25) is 0 Å². The van der Waals surface area contributed by atoms with Crippen molar-refractivity contribution in [1.29, 1.82) is 0 Å². The first-order chi connectivity index (χ1) is 12.5. The number of hydrogen-bond acceptors (Lipinski definition) is 4. The Morgan fingerprint density at radius 3 is 2.33 bits per heavy atom. The summed E-state index contributed by atoms with van der Waals surface area (Å²) in [5.41, 5.74) is 1.51. The fourth-order valence-electron chi connectivity index (χ4n) is 2.26. The summed E-state index contributed by atoms with van der Waals surface area (Å²) in [6.45, 7) is -1.21. The number of hydrogen-bond donors (Lipinski definition) is 1. The monoisotopic (exact) mass is 401 g/mol. The average Bonchev–Trinajstić information content (AvgIpc) is 2.57. The second-order valence-electron chi connectivity index (χ2n) is 6.00. The Morgan fingerprint density at radius 2 is 1.74 bits per heavy atom. The zero-order valence-corrected chi connectivity index (χ0v) is 15.2. The van der Waals surface area contributed by atoms with Crippen LogP contribution < -0.4 is 10.1 Å². The van der Waals surface area contributed by atoms with Crippen LogP contribution in [0.15, 0.2) is 48.5 Å². The Morgan fingerprint density at radius 1 is 1.07 bits per heavy atom. The first-order valence-electron chi connectivity index (χ1n) is 7.85. The smallest absolute Gasteiger partial charge is 0.422 e. The maximum Gasteiger partial charge on any atom is 0.422 e. The van der Waals surface area contributed by atoms with Gasteiger partial charge in [-0.2, -0.15) is 13.2 Å². The van der Waals surface area contributed by atoms with Gasteiger partial charge in [-0.3, -0.25) is 4.79 Å². The van der Waals surface area contributed by atoms with Crippen molar-refractivity contribution in [2.24, 2.45) is 0 Å².